The topological polar surface area (TPSA) is 99.5 Å². The van der Waals surface area contributed by atoms with Crippen molar-refractivity contribution in [3.05, 3.63) is 42.1 Å². The normalized spacial score (nSPS) is 12.1. The second-order valence-electron chi connectivity index (χ2n) is 3.96. The Kier molecular flexibility index (Phi) is 3.72. The number of amides is 1. The molecule has 1 heterocycles. The zero-order valence-electron chi connectivity index (χ0n) is 9.91. The number of rotatable bonds is 4. The Morgan fingerprint density at radius 2 is 2.05 bits per heavy atom. The van der Waals surface area contributed by atoms with Gasteiger partial charge in [-0.1, -0.05) is 18.2 Å². The second-order valence-corrected chi connectivity index (χ2v) is 3.96. The predicted octanol–water partition coefficient (Wildman–Crippen LogP) is 0.410. The number of aromatic nitrogens is 1. The number of aliphatic carboxylic acids is 1. The Morgan fingerprint density at radius 1 is 1.32 bits per heavy atom. The van der Waals surface area contributed by atoms with Gasteiger partial charge in [-0.15, -0.1) is 0 Å². The maximum absolute atomic E-state index is 11.8. The number of carboxylic acid groups (broad SMARTS) is 1. The van der Waals surface area contributed by atoms with E-state index < -0.39 is 24.5 Å². The van der Waals surface area contributed by atoms with Crippen LogP contribution in [-0.4, -0.2) is 39.7 Å². The largest absolute Gasteiger partial charge is 0.480 e. The third kappa shape index (κ3) is 2.86. The number of carbonyl (C=O) groups is 2. The number of hydrogen-bond donors (Lipinski definition) is 3. The van der Waals surface area contributed by atoms with E-state index >= 15 is 0 Å². The Hall–Kier alpha value is -2.47. The number of benzene rings is 1. The van der Waals surface area contributed by atoms with Crippen molar-refractivity contribution < 1.29 is 19.8 Å². The van der Waals surface area contributed by atoms with Crippen molar-refractivity contribution in [3.8, 4) is 0 Å². The first-order valence-corrected chi connectivity index (χ1v) is 5.61. The lowest BCUT2D eigenvalue weighted by atomic mass is 10.1. The molecular weight excluding hydrogens is 248 g/mol. The van der Waals surface area contributed by atoms with Crippen molar-refractivity contribution in [2.75, 3.05) is 6.61 Å². The number of carboxylic acids is 1. The molecule has 0 radical (unpaired) electrons. The molecule has 1 aromatic heterocycles. The van der Waals surface area contributed by atoms with Crippen LogP contribution < -0.4 is 5.32 Å². The molecule has 3 N–H and O–H groups in total. The van der Waals surface area contributed by atoms with Gasteiger partial charge in [-0.05, 0) is 12.1 Å². The number of aliphatic hydroxyl groups is 1. The molecule has 6 heteroatoms. The van der Waals surface area contributed by atoms with Gasteiger partial charge in [0.2, 0.25) is 0 Å². The lowest BCUT2D eigenvalue weighted by Crippen LogP contribution is -2.43. The van der Waals surface area contributed by atoms with Crippen molar-refractivity contribution in [2.24, 2.45) is 0 Å². The lowest BCUT2D eigenvalue weighted by Gasteiger charge is -2.11. The molecule has 98 valence electrons. The smallest absolute Gasteiger partial charge is 0.328 e. The number of nitrogens with zero attached hydrogens (tertiary/aromatic N) is 1. The number of carbonyl (C=O) groups excluding carboxylic acids is 1. The number of nitrogens with one attached hydrogen (secondary N) is 1. The quantitative estimate of drug-likeness (QED) is 0.739. The van der Waals surface area contributed by atoms with Crippen molar-refractivity contribution in [3.63, 3.8) is 0 Å². The van der Waals surface area contributed by atoms with E-state index in [0.29, 0.717) is 0 Å². The van der Waals surface area contributed by atoms with E-state index in [2.05, 4.69) is 10.3 Å². The van der Waals surface area contributed by atoms with Crippen molar-refractivity contribution >= 4 is 22.8 Å². The van der Waals surface area contributed by atoms with Crippen LogP contribution in [0.2, 0.25) is 0 Å². The fourth-order valence-corrected chi connectivity index (χ4v) is 1.62. The van der Waals surface area contributed by atoms with E-state index in [9.17, 15) is 9.59 Å². The first kappa shape index (κ1) is 13.0. The van der Waals surface area contributed by atoms with Crippen LogP contribution in [0.1, 0.15) is 10.4 Å². The minimum atomic E-state index is -1.32. The molecule has 1 amide bonds. The summed E-state index contributed by atoms with van der Waals surface area (Å²) in [6.45, 7) is -0.665. The average molecular weight is 260 g/mol. The Bertz CT molecular complexity index is 627. The molecule has 0 aliphatic rings. The van der Waals surface area contributed by atoms with E-state index in [-0.39, 0.29) is 5.56 Å². The monoisotopic (exact) mass is 260 g/mol. The molecule has 1 aromatic carbocycles. The highest BCUT2D eigenvalue weighted by Gasteiger charge is 2.19. The van der Waals surface area contributed by atoms with E-state index in [1.165, 1.54) is 6.20 Å². The highest BCUT2D eigenvalue weighted by Crippen LogP contribution is 2.12. The summed E-state index contributed by atoms with van der Waals surface area (Å²) in [6, 6.07) is 7.57. The summed E-state index contributed by atoms with van der Waals surface area (Å²) in [4.78, 5) is 26.7. The number of hydrogen-bond acceptors (Lipinski definition) is 4. The first-order valence-electron chi connectivity index (χ1n) is 5.61. The maximum Gasteiger partial charge on any atom is 0.328 e. The van der Waals surface area contributed by atoms with Crippen molar-refractivity contribution in [2.45, 2.75) is 6.04 Å². The van der Waals surface area contributed by atoms with Crippen LogP contribution in [0.3, 0.4) is 0 Å². The van der Waals surface area contributed by atoms with Crippen LogP contribution in [0.4, 0.5) is 0 Å². The molecule has 19 heavy (non-hydrogen) atoms. The third-order valence-electron chi connectivity index (χ3n) is 2.64. The van der Waals surface area contributed by atoms with E-state index in [4.69, 9.17) is 10.2 Å². The van der Waals surface area contributed by atoms with Gasteiger partial charge in [0.1, 0.15) is 0 Å². The summed E-state index contributed by atoms with van der Waals surface area (Å²) in [7, 11) is 0. The Labute approximate surface area is 108 Å². The predicted molar refractivity (Wildman–Crippen MR) is 67.7 cm³/mol. The van der Waals surface area contributed by atoms with Gasteiger partial charge < -0.3 is 15.5 Å². The fraction of sp³-hybridized carbons (Fsp3) is 0.154. The van der Waals surface area contributed by atoms with E-state index in [1.54, 1.807) is 12.1 Å². The number of para-hydroxylation sites is 1. The SMILES string of the molecule is O=C(N[C@@H](CO)C(=O)O)c1cnc2ccccc2c1. The number of pyridine rings is 1. The summed E-state index contributed by atoms with van der Waals surface area (Å²) in [5.74, 6) is -1.87. The molecule has 2 rings (SSSR count). The van der Waals surface area contributed by atoms with Gasteiger partial charge in [0.25, 0.3) is 5.91 Å². The molecule has 0 fully saturated rings. The molecule has 0 aliphatic carbocycles. The first-order chi connectivity index (χ1) is 9.11. The van der Waals surface area contributed by atoms with E-state index in [0.717, 1.165) is 10.9 Å². The lowest BCUT2D eigenvalue weighted by molar-refractivity contribution is -0.140. The summed E-state index contributed by atoms with van der Waals surface area (Å²) < 4.78 is 0. The standard InChI is InChI=1S/C13H12N2O4/c16-7-11(13(18)19)15-12(17)9-5-8-3-1-2-4-10(8)14-6-9/h1-6,11,16H,7H2,(H,15,17)(H,18,19)/t11-/m0/s1. The molecule has 2 aromatic rings. The van der Waals surface area contributed by atoms with Gasteiger partial charge in [0, 0.05) is 11.6 Å². The number of aliphatic hydroxyl groups excluding tert-OH is 1. The molecule has 0 bridgehead atoms. The molecule has 6 nitrogen and oxygen atoms in total. The van der Waals surface area contributed by atoms with Crippen LogP contribution in [0.15, 0.2) is 36.5 Å². The van der Waals surface area contributed by atoms with Crippen LogP contribution in [0.5, 0.6) is 0 Å². The van der Waals surface area contributed by atoms with Crippen molar-refractivity contribution in [1.29, 1.82) is 0 Å². The van der Waals surface area contributed by atoms with Crippen LogP contribution >= 0.6 is 0 Å². The molecule has 0 aliphatic heterocycles. The fourth-order valence-electron chi connectivity index (χ4n) is 1.62. The molecule has 0 spiro atoms. The summed E-state index contributed by atoms with van der Waals surface area (Å²) in [5, 5.41) is 20.6. The van der Waals surface area contributed by atoms with E-state index in [1.807, 2.05) is 18.2 Å². The second kappa shape index (κ2) is 5.45. The van der Waals surface area contributed by atoms with Crippen LogP contribution in [-0.2, 0) is 4.79 Å². The Morgan fingerprint density at radius 3 is 2.74 bits per heavy atom. The van der Waals surface area contributed by atoms with Crippen molar-refractivity contribution in [1.82, 2.24) is 10.3 Å². The van der Waals surface area contributed by atoms with Gasteiger partial charge in [-0.3, -0.25) is 9.78 Å². The molecule has 0 saturated heterocycles. The molecule has 0 unspecified atom stereocenters. The minimum Gasteiger partial charge on any atom is -0.480 e. The highest BCUT2D eigenvalue weighted by atomic mass is 16.4. The maximum atomic E-state index is 11.8. The van der Waals surface area contributed by atoms with Crippen LogP contribution in [0.25, 0.3) is 10.9 Å². The van der Waals surface area contributed by atoms with Gasteiger partial charge in [0.05, 0.1) is 17.7 Å². The average Bonchev–Trinajstić information content (AvgIpc) is 2.43. The van der Waals surface area contributed by atoms with Gasteiger partial charge in [-0.25, -0.2) is 4.79 Å². The summed E-state index contributed by atoms with van der Waals surface area (Å²) in [5.41, 5.74) is 0.995. The highest BCUT2D eigenvalue weighted by molar-refractivity contribution is 5.99. The minimum absolute atomic E-state index is 0.249. The summed E-state index contributed by atoms with van der Waals surface area (Å²) in [6.07, 6.45) is 1.37. The van der Waals surface area contributed by atoms with Crippen LogP contribution in [0, 0.1) is 0 Å². The van der Waals surface area contributed by atoms with Gasteiger partial charge >= 0.3 is 5.97 Å². The molecule has 0 saturated carbocycles. The zero-order chi connectivity index (χ0) is 13.8. The van der Waals surface area contributed by atoms with Gasteiger partial charge in [0.15, 0.2) is 6.04 Å². The van der Waals surface area contributed by atoms with Gasteiger partial charge in [-0.2, -0.15) is 0 Å². The molecular formula is C13H12N2O4. The Balaban J connectivity index is 2.24. The number of fused-ring (bicyclic) bond motifs is 1. The zero-order valence-corrected chi connectivity index (χ0v) is 9.91. The third-order valence-corrected chi connectivity index (χ3v) is 2.64. The molecule has 1 atom stereocenters. The summed E-state index contributed by atoms with van der Waals surface area (Å²) >= 11 is 0.